The zero-order valence-corrected chi connectivity index (χ0v) is 52.5. The van der Waals surface area contributed by atoms with Crippen molar-refractivity contribution in [2.75, 3.05) is 75.9 Å². The van der Waals surface area contributed by atoms with Crippen LogP contribution in [0.1, 0.15) is 144 Å². The zero-order valence-electron chi connectivity index (χ0n) is 52.5. The summed E-state index contributed by atoms with van der Waals surface area (Å²) in [6, 6.07) is 11.2. The van der Waals surface area contributed by atoms with Crippen LogP contribution in [0.2, 0.25) is 0 Å². The second-order valence-electron chi connectivity index (χ2n) is 21.4. The smallest absolute Gasteiger partial charge is 0.326 e. The SMILES string of the molecule is COc1ccc(NC(=O)[C@H](CCCCCN)NC(=O)c2cc(NC(=O)[C@H](CCCCN)NC(=O)c3cc(NC(=O)[C@H](CCCCN)NC(=O)c4cc(NC(=O)[C@@H](N)CCCCN)ccc4OC)ccc3OC)ccc2OC)cc1C(=O)N[C@@H](CCCC(=O)O)C(=O)O. The molecule has 29 heteroatoms. The molecule has 0 spiro atoms. The number of anilines is 4. The summed E-state index contributed by atoms with van der Waals surface area (Å²) in [6.45, 7) is 1.44. The lowest BCUT2D eigenvalue weighted by molar-refractivity contribution is -0.140. The van der Waals surface area contributed by atoms with Crippen LogP contribution in [0.3, 0.4) is 0 Å². The van der Waals surface area contributed by atoms with Crippen LogP contribution in [0.5, 0.6) is 23.0 Å². The summed E-state index contributed by atoms with van der Waals surface area (Å²) in [5.74, 6) is -7.81. The van der Waals surface area contributed by atoms with E-state index in [0.717, 1.165) is 0 Å². The zero-order chi connectivity index (χ0) is 67.7. The standard InChI is InChI=1S/C63H89N13O16/c1-89-50-25-21-37(69-59(83)45(68)15-7-11-30-65)33-41(50)55(79)74-47(17-8-12-31-66)61(85)72-39-23-27-52(91-3)43(35-39)57(81)75-48(18-9-13-32-67)62(86)71-38-22-26-51(90-2)42(34-38)56(80)73-46(16-6-5-10-29-64)60(84)70-40-24-28-53(92-4)44(36-40)58(82)76-49(63(87)88)19-14-20-54(77)78/h21-28,33-36,45-49H,5-20,29-32,64-68H2,1-4H3,(H,69,83)(H,70,84)(H,71,86)(H,72,85)(H,73,80)(H,74,79)(H,75,81)(H,76,82)(H,77,78)(H,87,88)/t45-,46-,47-,48-,49-/m0/s1. The fraction of sp³-hybridized carbons (Fsp3) is 0.460. The summed E-state index contributed by atoms with van der Waals surface area (Å²) in [6.07, 6.45) is 5.14. The number of unbranched alkanes of at least 4 members (excludes halogenated alkanes) is 5. The number of ether oxygens (including phenoxy) is 4. The number of benzene rings is 4. The number of carboxylic acid groups (broad SMARTS) is 2. The third kappa shape index (κ3) is 24.1. The van der Waals surface area contributed by atoms with Crippen molar-refractivity contribution in [2.24, 2.45) is 28.7 Å². The number of hydrogen-bond donors (Lipinski definition) is 15. The molecule has 0 aliphatic carbocycles. The van der Waals surface area contributed by atoms with Gasteiger partial charge in [-0.3, -0.25) is 43.2 Å². The van der Waals surface area contributed by atoms with E-state index in [4.69, 9.17) is 52.7 Å². The molecular weight excluding hydrogens is 1190 g/mol. The number of carbonyl (C=O) groups excluding carboxylic acids is 8. The Hall–Kier alpha value is -9.42. The van der Waals surface area contributed by atoms with E-state index in [1.165, 1.54) is 95.2 Å². The van der Waals surface area contributed by atoms with Gasteiger partial charge in [-0.1, -0.05) is 19.3 Å². The van der Waals surface area contributed by atoms with Gasteiger partial charge in [-0.05, 0) is 176 Å². The van der Waals surface area contributed by atoms with E-state index < -0.39 is 89.4 Å². The van der Waals surface area contributed by atoms with Gasteiger partial charge in [0.1, 0.15) is 47.2 Å². The Balaban J connectivity index is 1.56. The Morgan fingerprint density at radius 1 is 0.370 bits per heavy atom. The molecule has 0 aliphatic heterocycles. The van der Waals surface area contributed by atoms with Crippen molar-refractivity contribution in [1.82, 2.24) is 21.3 Å². The molecule has 0 saturated heterocycles. The maximum Gasteiger partial charge on any atom is 0.326 e. The normalized spacial score (nSPS) is 12.5. The van der Waals surface area contributed by atoms with Crippen molar-refractivity contribution in [2.45, 2.75) is 133 Å². The summed E-state index contributed by atoms with van der Waals surface area (Å²) >= 11 is 0. The highest BCUT2D eigenvalue weighted by molar-refractivity contribution is 6.08. The predicted octanol–water partition coefficient (Wildman–Crippen LogP) is 3.54. The van der Waals surface area contributed by atoms with Gasteiger partial charge in [0.25, 0.3) is 23.6 Å². The molecule has 0 bridgehead atoms. The number of hydrogen-bond acceptors (Lipinski definition) is 19. The average molecular weight is 1280 g/mol. The molecule has 20 N–H and O–H groups in total. The van der Waals surface area contributed by atoms with Crippen LogP contribution in [-0.4, -0.2) is 154 Å². The van der Waals surface area contributed by atoms with Crippen LogP contribution in [0.25, 0.3) is 0 Å². The topological polar surface area (TPSA) is 474 Å². The maximum atomic E-state index is 14.3. The number of carbonyl (C=O) groups is 10. The highest BCUT2D eigenvalue weighted by Gasteiger charge is 2.30. The van der Waals surface area contributed by atoms with E-state index in [1.54, 1.807) is 6.07 Å². The van der Waals surface area contributed by atoms with Gasteiger partial charge < -0.3 is 100 Å². The summed E-state index contributed by atoms with van der Waals surface area (Å²) < 4.78 is 21.9. The predicted molar refractivity (Wildman–Crippen MR) is 345 cm³/mol. The molecule has 5 atom stereocenters. The van der Waals surface area contributed by atoms with Crippen LogP contribution in [-0.2, 0) is 28.8 Å². The molecule has 0 fully saturated rings. The van der Waals surface area contributed by atoms with Crippen molar-refractivity contribution in [3.8, 4) is 23.0 Å². The molecule has 502 valence electrons. The first-order chi connectivity index (χ1) is 44.1. The second kappa shape index (κ2) is 39.7. The Morgan fingerprint density at radius 3 is 0.935 bits per heavy atom. The Bertz CT molecular complexity index is 3170. The maximum absolute atomic E-state index is 14.3. The minimum atomic E-state index is -1.44. The Morgan fingerprint density at radius 2 is 0.641 bits per heavy atom. The molecular formula is C63H89N13O16. The highest BCUT2D eigenvalue weighted by atomic mass is 16.5. The van der Waals surface area contributed by atoms with E-state index in [9.17, 15) is 53.1 Å². The van der Waals surface area contributed by atoms with Crippen LogP contribution >= 0.6 is 0 Å². The van der Waals surface area contributed by atoms with E-state index in [2.05, 4.69) is 42.5 Å². The number of carboxylic acids is 2. The lowest BCUT2D eigenvalue weighted by Crippen LogP contribution is -2.44. The summed E-state index contributed by atoms with van der Waals surface area (Å²) in [4.78, 5) is 134. The third-order valence-electron chi connectivity index (χ3n) is 14.6. The van der Waals surface area contributed by atoms with Gasteiger partial charge >= 0.3 is 11.9 Å². The molecule has 0 saturated carbocycles. The van der Waals surface area contributed by atoms with E-state index in [1.807, 2.05) is 0 Å². The number of rotatable bonds is 42. The monoisotopic (exact) mass is 1280 g/mol. The van der Waals surface area contributed by atoms with Crippen molar-refractivity contribution >= 4 is 81.9 Å². The average Bonchev–Trinajstić information content (AvgIpc) is 1.01. The summed E-state index contributed by atoms with van der Waals surface area (Å²) in [5.41, 5.74) is 29.3. The third-order valence-corrected chi connectivity index (χ3v) is 14.6. The fourth-order valence-corrected chi connectivity index (χ4v) is 9.54. The number of aliphatic carboxylic acids is 2. The number of methoxy groups -OCH3 is 4. The Kier molecular flexibility index (Phi) is 32.3. The van der Waals surface area contributed by atoms with Gasteiger partial charge in [0.2, 0.25) is 23.6 Å². The van der Waals surface area contributed by atoms with Crippen LogP contribution in [0, 0.1) is 0 Å². The van der Waals surface area contributed by atoms with Crippen LogP contribution in [0.4, 0.5) is 22.7 Å². The molecule has 92 heavy (non-hydrogen) atoms. The lowest BCUT2D eigenvalue weighted by Gasteiger charge is -2.22. The first-order valence-corrected chi connectivity index (χ1v) is 30.3. The van der Waals surface area contributed by atoms with E-state index >= 15 is 0 Å². The number of amides is 8. The molecule has 0 radical (unpaired) electrons. The summed E-state index contributed by atoms with van der Waals surface area (Å²) in [7, 11) is 5.30. The largest absolute Gasteiger partial charge is 0.496 e. The minimum absolute atomic E-state index is 0.0164. The molecule has 0 unspecified atom stereocenters. The molecule has 0 aliphatic rings. The van der Waals surface area contributed by atoms with Gasteiger partial charge in [0, 0.05) is 29.2 Å². The molecule has 29 nitrogen and oxygen atoms in total. The number of nitrogens with one attached hydrogen (secondary N) is 8. The number of nitrogens with two attached hydrogens (primary N) is 5. The molecule has 4 aromatic rings. The molecule has 0 heterocycles. The molecule has 0 aromatic heterocycles. The van der Waals surface area contributed by atoms with E-state index in [0.29, 0.717) is 83.8 Å². The van der Waals surface area contributed by atoms with Gasteiger partial charge in [-0.2, -0.15) is 0 Å². The fourth-order valence-electron chi connectivity index (χ4n) is 9.54. The second-order valence-corrected chi connectivity index (χ2v) is 21.4. The molecule has 4 aromatic carbocycles. The summed E-state index contributed by atoms with van der Waals surface area (Å²) in [5, 5.41) is 40.4. The minimum Gasteiger partial charge on any atom is -0.496 e. The van der Waals surface area contributed by atoms with Gasteiger partial charge in [-0.15, -0.1) is 0 Å². The van der Waals surface area contributed by atoms with Gasteiger partial charge in [0.15, 0.2) is 0 Å². The molecule has 4 rings (SSSR count). The van der Waals surface area contributed by atoms with Crippen LogP contribution < -0.4 is 90.2 Å². The quantitative estimate of drug-likeness (QED) is 0.0282. The lowest BCUT2D eigenvalue weighted by atomic mass is 10.0. The highest BCUT2D eigenvalue weighted by Crippen LogP contribution is 2.29. The first kappa shape index (κ1) is 75.0. The van der Waals surface area contributed by atoms with Crippen molar-refractivity contribution in [1.29, 1.82) is 0 Å². The Labute approximate surface area is 534 Å². The van der Waals surface area contributed by atoms with E-state index in [-0.39, 0.29) is 113 Å². The van der Waals surface area contributed by atoms with Gasteiger partial charge in [-0.25, -0.2) is 4.79 Å². The van der Waals surface area contributed by atoms with Crippen LogP contribution in [0.15, 0.2) is 72.8 Å². The van der Waals surface area contributed by atoms with Crippen molar-refractivity contribution < 1.29 is 77.1 Å². The van der Waals surface area contributed by atoms with Crippen molar-refractivity contribution in [3.05, 3.63) is 95.1 Å². The molecule has 8 amide bonds. The first-order valence-electron chi connectivity index (χ1n) is 30.3. The van der Waals surface area contributed by atoms with Crippen molar-refractivity contribution in [3.63, 3.8) is 0 Å². The van der Waals surface area contributed by atoms with Gasteiger partial charge in [0.05, 0.1) is 56.7 Å².